The molecule has 1 aromatic heterocycles. The van der Waals surface area contributed by atoms with Crippen LogP contribution in [0.5, 0.6) is 0 Å². The van der Waals surface area contributed by atoms with E-state index < -0.39 is 0 Å². The Morgan fingerprint density at radius 3 is 1.10 bits per heavy atom. The molecule has 1 heteroatoms. The van der Waals surface area contributed by atoms with Gasteiger partial charge >= 0.3 is 0 Å². The Kier molecular flexibility index (Phi) is 7.33. The highest BCUT2D eigenvalue weighted by atomic mass is 14.9. The molecule has 0 aliphatic carbocycles. The Labute approximate surface area is 292 Å². The lowest BCUT2D eigenvalue weighted by atomic mass is 9.94. The molecule has 12 bridgehead atoms. The van der Waals surface area contributed by atoms with Crippen LogP contribution in [0.2, 0.25) is 0 Å². The molecule has 0 saturated carbocycles. The predicted octanol–water partition coefficient (Wildman–Crippen LogP) is 12.8. The van der Waals surface area contributed by atoms with E-state index in [0.717, 1.165) is 0 Å². The molecule has 0 radical (unpaired) electrons. The molecule has 0 spiro atoms. The van der Waals surface area contributed by atoms with Crippen LogP contribution >= 0.6 is 0 Å². The molecular formula is C49H36N+. The molecule has 9 aromatic rings. The van der Waals surface area contributed by atoms with Crippen molar-refractivity contribution in [3.05, 3.63) is 188 Å². The lowest BCUT2D eigenvalue weighted by Crippen LogP contribution is -2.30. The number of benzene rings is 7. The molecule has 8 aromatic carbocycles. The smallest absolute Gasteiger partial charge is 0.201 e. The molecule has 0 aliphatic rings. The fraction of sp³-hybridized carbons (Fsp3) is 0.0408. The molecule has 0 saturated heterocycles. The highest BCUT2D eigenvalue weighted by Crippen LogP contribution is 2.33. The maximum atomic E-state index is 2.36. The zero-order valence-electron chi connectivity index (χ0n) is 28.3. The molecule has 0 amide bonds. The summed E-state index contributed by atoms with van der Waals surface area (Å²) < 4.78 is 2.20. The molecule has 0 unspecified atom stereocenters. The number of aryl methyl sites for hydroxylation is 2. The molecule has 50 heavy (non-hydrogen) atoms. The van der Waals surface area contributed by atoms with E-state index in [2.05, 4.69) is 201 Å². The van der Waals surface area contributed by atoms with E-state index >= 15 is 0 Å². The van der Waals surface area contributed by atoms with Crippen LogP contribution in [0.4, 0.5) is 0 Å². The summed E-state index contributed by atoms with van der Waals surface area (Å²) in [5, 5.41) is 14.5. The quantitative estimate of drug-likeness (QED) is 0.166. The van der Waals surface area contributed by atoms with Crippen molar-refractivity contribution < 1.29 is 4.57 Å². The van der Waals surface area contributed by atoms with Crippen LogP contribution in [-0.4, -0.2) is 0 Å². The van der Waals surface area contributed by atoms with Crippen LogP contribution in [0, 0.1) is 6.92 Å². The fourth-order valence-corrected chi connectivity index (χ4v) is 7.40. The Morgan fingerprint density at radius 2 is 0.700 bits per heavy atom. The van der Waals surface area contributed by atoms with Crippen LogP contribution in [0.3, 0.4) is 0 Å². The van der Waals surface area contributed by atoms with E-state index in [1.54, 1.807) is 0 Å². The fourth-order valence-electron chi connectivity index (χ4n) is 7.40. The summed E-state index contributed by atoms with van der Waals surface area (Å²) in [5.41, 5.74) is 6.11. The van der Waals surface area contributed by atoms with Gasteiger partial charge in [-0.1, -0.05) is 103 Å². The van der Waals surface area contributed by atoms with E-state index in [1.807, 2.05) is 0 Å². The lowest BCUT2D eigenvalue weighted by Gasteiger charge is -2.10. The Morgan fingerprint density at radius 1 is 0.320 bits per heavy atom. The van der Waals surface area contributed by atoms with Gasteiger partial charge < -0.3 is 0 Å². The zero-order valence-corrected chi connectivity index (χ0v) is 28.3. The van der Waals surface area contributed by atoms with Gasteiger partial charge in [0.15, 0.2) is 6.20 Å². The molecular weight excluding hydrogens is 603 g/mol. The first kappa shape index (κ1) is 29.8. The lowest BCUT2D eigenvalue weighted by molar-refractivity contribution is -0.660. The van der Waals surface area contributed by atoms with Gasteiger partial charge in [0, 0.05) is 17.7 Å². The van der Waals surface area contributed by atoms with E-state index in [0.29, 0.717) is 0 Å². The van der Waals surface area contributed by atoms with E-state index in [1.165, 1.54) is 92.6 Å². The minimum absolute atomic E-state index is 1.20. The molecule has 1 heterocycles. The minimum atomic E-state index is 1.20. The third-order valence-corrected chi connectivity index (χ3v) is 10.1. The van der Waals surface area contributed by atoms with Crippen LogP contribution in [0.15, 0.2) is 182 Å². The van der Waals surface area contributed by atoms with Crippen molar-refractivity contribution in [1.82, 2.24) is 0 Å². The van der Waals surface area contributed by atoms with Crippen LogP contribution in [-0.2, 0) is 7.05 Å². The number of rotatable bonds is 2. The van der Waals surface area contributed by atoms with Crippen molar-refractivity contribution in [2.24, 2.45) is 7.05 Å². The van der Waals surface area contributed by atoms with Gasteiger partial charge in [-0.25, -0.2) is 4.57 Å². The van der Waals surface area contributed by atoms with Crippen molar-refractivity contribution in [3.8, 4) is 22.4 Å². The zero-order chi connectivity index (χ0) is 33.6. The maximum absolute atomic E-state index is 2.36. The van der Waals surface area contributed by atoms with Crippen molar-refractivity contribution in [1.29, 1.82) is 0 Å². The largest absolute Gasteiger partial charge is 0.212 e. The van der Waals surface area contributed by atoms with Gasteiger partial charge in [-0.05, 0) is 149 Å². The van der Waals surface area contributed by atoms with E-state index in [-0.39, 0.29) is 0 Å². The monoisotopic (exact) mass is 638 g/mol. The first-order valence-electron chi connectivity index (χ1n) is 17.3. The van der Waals surface area contributed by atoms with Gasteiger partial charge in [-0.15, -0.1) is 0 Å². The Bertz CT molecular complexity index is 2750. The molecule has 1 nitrogen and oxygen atoms in total. The Hall–Kier alpha value is -6.31. The number of pyridine rings is 1. The highest BCUT2D eigenvalue weighted by Gasteiger charge is 2.13. The molecule has 9 rings (SSSR count). The summed E-state index contributed by atoms with van der Waals surface area (Å²) in [6, 6.07) is 65.1. The summed E-state index contributed by atoms with van der Waals surface area (Å²) in [5.74, 6) is 0. The van der Waals surface area contributed by atoms with Gasteiger partial charge in [0.25, 0.3) is 0 Å². The van der Waals surface area contributed by atoms with Gasteiger partial charge in [0.2, 0.25) is 5.69 Å². The SMILES string of the molecule is Cc1ccc(-c2cc3cc(c2)c2cccc(c2)c2cccc(c2)c2cccc(c2)c2cccc(c2)c2cccc3c2)cc1-c1cccc[n+]1C. The third kappa shape index (κ3) is 5.53. The van der Waals surface area contributed by atoms with E-state index in [4.69, 9.17) is 0 Å². The topological polar surface area (TPSA) is 3.88 Å². The first-order chi connectivity index (χ1) is 24.6. The van der Waals surface area contributed by atoms with Gasteiger partial charge in [0.05, 0.1) is 0 Å². The summed E-state index contributed by atoms with van der Waals surface area (Å²) in [7, 11) is 2.12. The predicted molar refractivity (Wildman–Crippen MR) is 215 cm³/mol. The van der Waals surface area contributed by atoms with Crippen molar-refractivity contribution >= 4 is 64.6 Å². The normalized spacial score (nSPS) is 11.4. The molecule has 0 fully saturated rings. The van der Waals surface area contributed by atoms with Crippen LogP contribution < -0.4 is 4.57 Å². The second-order valence-electron chi connectivity index (χ2n) is 13.4. The molecule has 0 aliphatic heterocycles. The van der Waals surface area contributed by atoms with Gasteiger partial charge in [-0.3, -0.25) is 0 Å². The number of aromatic nitrogens is 1. The van der Waals surface area contributed by atoms with Crippen LogP contribution in [0.25, 0.3) is 87.0 Å². The summed E-state index contributed by atoms with van der Waals surface area (Å²) in [6.45, 7) is 2.20. The van der Waals surface area contributed by atoms with Crippen molar-refractivity contribution in [2.45, 2.75) is 6.92 Å². The highest BCUT2D eigenvalue weighted by molar-refractivity contribution is 6.02. The molecule has 0 atom stereocenters. The summed E-state index contributed by atoms with van der Waals surface area (Å²) >= 11 is 0. The maximum Gasteiger partial charge on any atom is 0.212 e. The standard InChI is InChI=1S/C49H36N/c1-33-21-22-44(32-48(33)49-20-3-4-23-50(49)2)47-30-45-29-46(31-47)43-19-9-17-41(28-43)39-15-7-13-37(26-39)35-11-5-10-34(24-35)36-12-6-14-38(25-36)40-16-8-18-42(45)27-40/h3-32H,1-2H3/q+1. The summed E-state index contributed by atoms with van der Waals surface area (Å²) in [4.78, 5) is 0. The second kappa shape index (κ2) is 12.3. The van der Waals surface area contributed by atoms with Gasteiger partial charge in [0.1, 0.15) is 7.05 Å². The number of fused-ring (bicyclic) bond motifs is 18. The number of hydrogen-bond acceptors (Lipinski definition) is 0. The second-order valence-corrected chi connectivity index (χ2v) is 13.4. The first-order valence-corrected chi connectivity index (χ1v) is 17.3. The number of hydrogen-bond donors (Lipinski definition) is 0. The molecule has 236 valence electrons. The minimum Gasteiger partial charge on any atom is -0.201 e. The summed E-state index contributed by atoms with van der Waals surface area (Å²) in [6.07, 6.45) is 2.12. The van der Waals surface area contributed by atoms with Crippen LogP contribution in [0.1, 0.15) is 5.56 Å². The van der Waals surface area contributed by atoms with Crippen molar-refractivity contribution in [2.75, 3.05) is 0 Å². The average molecular weight is 639 g/mol. The van der Waals surface area contributed by atoms with E-state index in [9.17, 15) is 0 Å². The van der Waals surface area contributed by atoms with Crippen molar-refractivity contribution in [3.63, 3.8) is 0 Å². The third-order valence-electron chi connectivity index (χ3n) is 10.1. The van der Waals surface area contributed by atoms with Gasteiger partial charge in [-0.2, -0.15) is 0 Å². The molecule has 0 N–H and O–H groups in total. The average Bonchev–Trinajstić information content (AvgIpc) is 3.18. The number of nitrogens with zero attached hydrogens (tertiary/aromatic N) is 1. The Balaban J connectivity index is 1.41.